The van der Waals surface area contributed by atoms with Gasteiger partial charge in [0.15, 0.2) is 0 Å². The third-order valence-electron chi connectivity index (χ3n) is 3.23. The van der Waals surface area contributed by atoms with Gasteiger partial charge in [0.1, 0.15) is 0 Å². The number of aromatic nitrogens is 1. The molecule has 0 saturated heterocycles. The maximum atomic E-state index is 11.7. The van der Waals surface area contributed by atoms with Crippen LogP contribution in [0.15, 0.2) is 24.4 Å². The summed E-state index contributed by atoms with van der Waals surface area (Å²) in [4.78, 5) is 14.9. The number of rotatable bonds is 5. The molecule has 3 N–H and O–H groups in total. The summed E-state index contributed by atoms with van der Waals surface area (Å²) in [7, 11) is 0. The molecule has 2 aromatic rings. The van der Waals surface area contributed by atoms with Crippen LogP contribution in [0.2, 0.25) is 0 Å². The van der Waals surface area contributed by atoms with Gasteiger partial charge in [-0.05, 0) is 38.0 Å². The Bertz CT molecular complexity index is 575. The average molecular weight is 260 g/mol. The van der Waals surface area contributed by atoms with Crippen LogP contribution in [-0.2, 0) is 11.2 Å². The highest BCUT2D eigenvalue weighted by molar-refractivity contribution is 5.84. The second kappa shape index (κ2) is 5.89. The number of carbonyl (C=O) groups is 1. The molecule has 0 aliphatic carbocycles. The zero-order valence-electron chi connectivity index (χ0n) is 11.4. The number of hydrogen-bond donors (Lipinski definition) is 3. The second-order valence-electron chi connectivity index (χ2n) is 5.01. The first kappa shape index (κ1) is 13.6. The Balaban J connectivity index is 2.02. The minimum absolute atomic E-state index is 0.0245. The number of fused-ring (bicyclic) bond motifs is 1. The van der Waals surface area contributed by atoms with E-state index in [0.29, 0.717) is 12.8 Å². The fourth-order valence-electron chi connectivity index (χ4n) is 2.14. The summed E-state index contributed by atoms with van der Waals surface area (Å²) in [5.41, 5.74) is 3.47. The lowest BCUT2D eigenvalue weighted by atomic mass is 10.1. The van der Waals surface area contributed by atoms with Gasteiger partial charge in [-0.25, -0.2) is 0 Å². The van der Waals surface area contributed by atoms with Gasteiger partial charge in [0, 0.05) is 29.6 Å². The summed E-state index contributed by atoms with van der Waals surface area (Å²) in [5.74, 6) is -0.0245. The van der Waals surface area contributed by atoms with Crippen molar-refractivity contribution in [1.29, 1.82) is 0 Å². The van der Waals surface area contributed by atoms with Gasteiger partial charge in [0.05, 0.1) is 6.61 Å². The largest absolute Gasteiger partial charge is 0.394 e. The van der Waals surface area contributed by atoms with Crippen LogP contribution < -0.4 is 5.32 Å². The number of aliphatic hydroxyl groups is 1. The molecular weight excluding hydrogens is 240 g/mol. The minimum Gasteiger partial charge on any atom is -0.394 e. The van der Waals surface area contributed by atoms with E-state index in [2.05, 4.69) is 35.4 Å². The van der Waals surface area contributed by atoms with Crippen molar-refractivity contribution in [3.8, 4) is 0 Å². The standard InChI is InChI=1S/C15H20N2O2/c1-10-3-5-14-13(7-10)12(8-16-14)4-6-15(19)17-11(2)9-18/h3,5,7-8,11,16,18H,4,6,9H2,1-2H3,(H,17,19). The van der Waals surface area contributed by atoms with Gasteiger partial charge in [-0.2, -0.15) is 0 Å². The molecule has 1 amide bonds. The van der Waals surface area contributed by atoms with Crippen LogP contribution >= 0.6 is 0 Å². The third kappa shape index (κ3) is 3.35. The Morgan fingerprint density at radius 2 is 2.26 bits per heavy atom. The molecule has 1 aromatic carbocycles. The molecule has 0 aliphatic heterocycles. The average Bonchev–Trinajstić information content (AvgIpc) is 2.78. The summed E-state index contributed by atoms with van der Waals surface area (Å²) in [6.45, 7) is 3.82. The SMILES string of the molecule is Cc1ccc2[nH]cc(CCC(=O)NC(C)CO)c2c1. The fourth-order valence-corrected chi connectivity index (χ4v) is 2.14. The second-order valence-corrected chi connectivity index (χ2v) is 5.01. The molecule has 0 aliphatic rings. The number of aryl methyl sites for hydroxylation is 2. The van der Waals surface area contributed by atoms with E-state index < -0.39 is 0 Å². The Hall–Kier alpha value is -1.81. The number of hydrogen-bond acceptors (Lipinski definition) is 2. The summed E-state index contributed by atoms with van der Waals surface area (Å²) in [6, 6.07) is 6.08. The topological polar surface area (TPSA) is 65.1 Å². The normalized spacial score (nSPS) is 12.6. The highest BCUT2D eigenvalue weighted by atomic mass is 16.3. The van der Waals surface area contributed by atoms with E-state index >= 15 is 0 Å². The van der Waals surface area contributed by atoms with Gasteiger partial charge in [0.25, 0.3) is 0 Å². The summed E-state index contributed by atoms with van der Waals surface area (Å²) < 4.78 is 0. The van der Waals surface area contributed by atoms with Crippen LogP contribution in [0.25, 0.3) is 10.9 Å². The molecular formula is C15H20N2O2. The number of H-pyrrole nitrogens is 1. The van der Waals surface area contributed by atoms with Crippen molar-refractivity contribution in [2.75, 3.05) is 6.61 Å². The highest BCUT2D eigenvalue weighted by Crippen LogP contribution is 2.20. The van der Waals surface area contributed by atoms with Crippen molar-refractivity contribution in [3.63, 3.8) is 0 Å². The van der Waals surface area contributed by atoms with Gasteiger partial charge in [0.2, 0.25) is 5.91 Å². The van der Waals surface area contributed by atoms with Crippen LogP contribution in [-0.4, -0.2) is 28.6 Å². The monoisotopic (exact) mass is 260 g/mol. The number of aromatic amines is 1. The first-order valence-electron chi connectivity index (χ1n) is 6.57. The first-order valence-corrected chi connectivity index (χ1v) is 6.57. The van der Waals surface area contributed by atoms with Crippen LogP contribution in [0.4, 0.5) is 0 Å². The van der Waals surface area contributed by atoms with Gasteiger partial charge >= 0.3 is 0 Å². The predicted octanol–water partition coefficient (Wildman–Crippen LogP) is 1.91. The minimum atomic E-state index is -0.183. The molecule has 1 aromatic heterocycles. The molecule has 0 spiro atoms. The Morgan fingerprint density at radius 1 is 1.47 bits per heavy atom. The lowest BCUT2D eigenvalue weighted by Gasteiger charge is -2.10. The van der Waals surface area contributed by atoms with Crippen molar-refractivity contribution in [2.24, 2.45) is 0 Å². The van der Waals surface area contributed by atoms with E-state index in [0.717, 1.165) is 11.1 Å². The van der Waals surface area contributed by atoms with Gasteiger partial charge in [-0.1, -0.05) is 11.6 Å². The van der Waals surface area contributed by atoms with Crippen LogP contribution in [0, 0.1) is 6.92 Å². The summed E-state index contributed by atoms with van der Waals surface area (Å²) in [5, 5.41) is 12.8. The lowest BCUT2D eigenvalue weighted by Crippen LogP contribution is -2.35. The molecule has 0 fully saturated rings. The Kier molecular flexibility index (Phi) is 4.22. The maximum Gasteiger partial charge on any atom is 0.220 e. The smallest absolute Gasteiger partial charge is 0.220 e. The molecule has 1 heterocycles. The fraction of sp³-hybridized carbons (Fsp3) is 0.400. The van der Waals surface area contributed by atoms with E-state index in [9.17, 15) is 4.79 Å². The summed E-state index contributed by atoms with van der Waals surface area (Å²) >= 11 is 0. The van der Waals surface area contributed by atoms with Gasteiger partial charge in [-0.15, -0.1) is 0 Å². The van der Waals surface area contributed by atoms with Crippen molar-refractivity contribution < 1.29 is 9.90 Å². The van der Waals surface area contributed by atoms with E-state index in [1.807, 2.05) is 6.20 Å². The Morgan fingerprint density at radius 3 is 3.00 bits per heavy atom. The molecule has 0 radical (unpaired) electrons. The Labute approximate surface area is 112 Å². The molecule has 0 saturated carbocycles. The molecule has 0 bridgehead atoms. The van der Waals surface area contributed by atoms with Crippen molar-refractivity contribution in [2.45, 2.75) is 32.7 Å². The lowest BCUT2D eigenvalue weighted by molar-refractivity contribution is -0.121. The zero-order valence-corrected chi connectivity index (χ0v) is 11.4. The molecule has 2 rings (SSSR count). The zero-order chi connectivity index (χ0) is 13.8. The molecule has 19 heavy (non-hydrogen) atoms. The quantitative estimate of drug-likeness (QED) is 0.769. The van der Waals surface area contributed by atoms with Crippen LogP contribution in [0.3, 0.4) is 0 Å². The predicted molar refractivity (Wildman–Crippen MR) is 76.0 cm³/mol. The molecule has 4 nitrogen and oxygen atoms in total. The van der Waals surface area contributed by atoms with Gasteiger partial charge < -0.3 is 15.4 Å². The number of aliphatic hydroxyl groups excluding tert-OH is 1. The number of nitrogens with one attached hydrogen (secondary N) is 2. The van der Waals surface area contributed by atoms with Crippen LogP contribution in [0.1, 0.15) is 24.5 Å². The van der Waals surface area contributed by atoms with Crippen molar-refractivity contribution in [1.82, 2.24) is 10.3 Å². The number of benzene rings is 1. The molecule has 102 valence electrons. The van der Waals surface area contributed by atoms with Gasteiger partial charge in [-0.3, -0.25) is 4.79 Å². The van der Waals surface area contributed by atoms with E-state index in [1.54, 1.807) is 6.92 Å². The maximum absolute atomic E-state index is 11.7. The highest BCUT2D eigenvalue weighted by Gasteiger charge is 2.09. The van der Waals surface area contributed by atoms with Crippen LogP contribution in [0.5, 0.6) is 0 Å². The van der Waals surface area contributed by atoms with E-state index in [4.69, 9.17) is 5.11 Å². The van der Waals surface area contributed by atoms with Crippen molar-refractivity contribution >= 4 is 16.8 Å². The van der Waals surface area contributed by atoms with Crippen molar-refractivity contribution in [3.05, 3.63) is 35.5 Å². The molecule has 4 heteroatoms. The first-order chi connectivity index (χ1) is 9.10. The molecule has 1 atom stereocenters. The number of amides is 1. The molecule has 1 unspecified atom stereocenters. The third-order valence-corrected chi connectivity index (χ3v) is 3.23. The number of carbonyl (C=O) groups excluding carboxylic acids is 1. The van der Waals surface area contributed by atoms with E-state index in [1.165, 1.54) is 10.9 Å². The summed E-state index contributed by atoms with van der Waals surface area (Å²) in [6.07, 6.45) is 3.10. The van der Waals surface area contributed by atoms with E-state index in [-0.39, 0.29) is 18.6 Å².